The average Bonchev–Trinajstić information content (AvgIpc) is 3.23. The Morgan fingerprint density at radius 2 is 1.67 bits per heavy atom. The smallest absolute Gasteiger partial charge is 0.419 e. The number of alkyl halides is 3. The molecule has 2 aromatic carbocycles. The number of hydrogen-bond donors (Lipinski definition) is 0. The van der Waals surface area contributed by atoms with Gasteiger partial charge in [0.25, 0.3) is 0 Å². The predicted molar refractivity (Wildman–Crippen MR) is 160 cm³/mol. The van der Waals surface area contributed by atoms with Gasteiger partial charge >= 0.3 is 14.8 Å². The number of aliphatic imine (C=N–C) groups is 1. The van der Waals surface area contributed by atoms with E-state index in [9.17, 15) is 13.2 Å². The summed E-state index contributed by atoms with van der Waals surface area (Å²) < 4.78 is 71.3. The molecule has 1 heterocycles. The first kappa shape index (κ1) is 33.9. The fraction of sp³-hybridized carbons (Fsp3) is 0.531. The van der Waals surface area contributed by atoms with Crippen molar-refractivity contribution in [1.82, 2.24) is 0 Å². The lowest BCUT2D eigenvalue weighted by Gasteiger charge is -2.32. The van der Waals surface area contributed by atoms with E-state index in [1.54, 1.807) is 13.0 Å². The molecular formula is C32H41F3NO5P. The molecule has 42 heavy (non-hydrogen) atoms. The van der Waals surface area contributed by atoms with Crippen molar-refractivity contribution < 1.29 is 36.2 Å². The van der Waals surface area contributed by atoms with Crippen LogP contribution >= 0.6 is 8.60 Å². The van der Waals surface area contributed by atoms with Gasteiger partial charge in [0.05, 0.1) is 23.4 Å². The van der Waals surface area contributed by atoms with Crippen LogP contribution in [0.15, 0.2) is 47.5 Å². The van der Waals surface area contributed by atoms with Gasteiger partial charge in [-0.2, -0.15) is 13.2 Å². The van der Waals surface area contributed by atoms with E-state index in [1.807, 2.05) is 72.7 Å². The lowest BCUT2D eigenvalue weighted by atomic mass is 9.93. The van der Waals surface area contributed by atoms with Crippen molar-refractivity contribution in [2.24, 2.45) is 4.99 Å². The molecule has 10 heteroatoms. The third kappa shape index (κ3) is 11.2. The monoisotopic (exact) mass is 607 g/mol. The minimum Gasteiger partial charge on any atom is -0.480 e. The Balaban J connectivity index is 1.72. The Labute approximate surface area is 249 Å². The van der Waals surface area contributed by atoms with Gasteiger partial charge in [-0.3, -0.25) is 0 Å². The van der Waals surface area contributed by atoms with Crippen molar-refractivity contribution in [2.45, 2.75) is 91.1 Å². The topological polar surface area (TPSA) is 58.5 Å². The number of rotatable bonds is 10. The maximum Gasteiger partial charge on any atom is 0.419 e. The van der Waals surface area contributed by atoms with Crippen molar-refractivity contribution in [1.29, 1.82) is 0 Å². The number of aryl methyl sites for hydroxylation is 2. The van der Waals surface area contributed by atoms with Crippen molar-refractivity contribution in [3.8, 4) is 17.6 Å². The summed E-state index contributed by atoms with van der Waals surface area (Å²) in [7, 11) is -1.71. The minimum atomic E-state index is -4.59. The Kier molecular flexibility index (Phi) is 11.1. The summed E-state index contributed by atoms with van der Waals surface area (Å²) in [5.74, 6) is 5.96. The number of halogens is 3. The molecule has 6 nitrogen and oxygen atoms in total. The van der Waals surface area contributed by atoms with Crippen LogP contribution in [0.4, 0.5) is 13.2 Å². The molecule has 1 atom stereocenters. The molecule has 1 aliphatic heterocycles. The fourth-order valence-electron chi connectivity index (χ4n) is 4.03. The van der Waals surface area contributed by atoms with Crippen molar-refractivity contribution in [3.63, 3.8) is 0 Å². The summed E-state index contributed by atoms with van der Waals surface area (Å²) in [6, 6.07) is 11.7. The average molecular weight is 608 g/mol. The molecule has 3 rings (SSSR count). The highest BCUT2D eigenvalue weighted by Gasteiger charge is 2.39. The number of benzene rings is 2. The van der Waals surface area contributed by atoms with E-state index in [-0.39, 0.29) is 25.6 Å². The zero-order valence-electron chi connectivity index (χ0n) is 25.6. The molecule has 0 N–H and O–H groups in total. The first-order chi connectivity index (χ1) is 19.4. The third-order valence-electron chi connectivity index (χ3n) is 5.86. The van der Waals surface area contributed by atoms with E-state index in [0.29, 0.717) is 24.3 Å². The highest BCUT2D eigenvalue weighted by molar-refractivity contribution is 7.41. The molecule has 0 bridgehead atoms. The van der Waals surface area contributed by atoms with Crippen LogP contribution < -0.4 is 4.74 Å². The van der Waals surface area contributed by atoms with E-state index in [4.69, 9.17) is 23.0 Å². The van der Waals surface area contributed by atoms with Crippen LogP contribution in [0.3, 0.4) is 0 Å². The Morgan fingerprint density at radius 3 is 2.24 bits per heavy atom. The lowest BCUT2D eigenvalue weighted by molar-refractivity contribution is -0.138. The van der Waals surface area contributed by atoms with Crippen LogP contribution in [0, 0.1) is 18.8 Å². The molecule has 0 saturated heterocycles. The second kappa shape index (κ2) is 13.8. The van der Waals surface area contributed by atoms with Gasteiger partial charge in [0.1, 0.15) is 24.5 Å². The third-order valence-corrected chi connectivity index (χ3v) is 7.59. The molecule has 0 saturated carbocycles. The van der Waals surface area contributed by atoms with Crippen LogP contribution in [-0.4, -0.2) is 42.5 Å². The van der Waals surface area contributed by atoms with Gasteiger partial charge in [0, 0.05) is 12.5 Å². The summed E-state index contributed by atoms with van der Waals surface area (Å²) in [6.45, 7) is 15.4. The van der Waals surface area contributed by atoms with Gasteiger partial charge in [-0.25, -0.2) is 4.99 Å². The van der Waals surface area contributed by atoms with E-state index in [0.717, 1.165) is 17.2 Å². The molecule has 0 fully saturated rings. The van der Waals surface area contributed by atoms with Gasteiger partial charge in [0.15, 0.2) is 5.90 Å². The van der Waals surface area contributed by atoms with Crippen molar-refractivity contribution in [3.05, 3.63) is 64.7 Å². The quantitative estimate of drug-likeness (QED) is 0.200. The Hall–Kier alpha value is -2.63. The van der Waals surface area contributed by atoms with Crippen LogP contribution in [0.1, 0.15) is 77.1 Å². The van der Waals surface area contributed by atoms with Crippen LogP contribution in [0.2, 0.25) is 0 Å². The van der Waals surface area contributed by atoms with Gasteiger partial charge in [0.2, 0.25) is 0 Å². The summed E-state index contributed by atoms with van der Waals surface area (Å²) in [5.41, 5.74) is -0.303. The van der Waals surface area contributed by atoms with E-state index >= 15 is 0 Å². The maximum atomic E-state index is 14.0. The highest BCUT2D eigenvalue weighted by Crippen LogP contribution is 2.48. The van der Waals surface area contributed by atoms with Gasteiger partial charge < -0.3 is 23.0 Å². The first-order valence-electron chi connectivity index (χ1n) is 13.8. The molecule has 0 amide bonds. The molecule has 230 valence electrons. The van der Waals surface area contributed by atoms with E-state index < -0.39 is 37.1 Å². The largest absolute Gasteiger partial charge is 0.480 e. The molecule has 1 aliphatic rings. The molecule has 2 aromatic rings. The van der Waals surface area contributed by atoms with E-state index in [2.05, 4.69) is 16.8 Å². The first-order valence-corrected chi connectivity index (χ1v) is 14.9. The predicted octanol–water partition coefficient (Wildman–Crippen LogP) is 8.44. The zero-order chi connectivity index (χ0) is 31.2. The van der Waals surface area contributed by atoms with Crippen LogP contribution in [0.25, 0.3) is 0 Å². The number of nitrogens with zero attached hydrogens (tertiary/aromatic N) is 1. The number of hydrogen-bond acceptors (Lipinski definition) is 6. The zero-order valence-corrected chi connectivity index (χ0v) is 26.5. The summed E-state index contributed by atoms with van der Waals surface area (Å²) in [6.07, 6.45) is -3.87. The molecule has 0 radical (unpaired) electrons. The molecular weight excluding hydrogens is 566 g/mol. The van der Waals surface area contributed by atoms with Crippen LogP contribution in [0.5, 0.6) is 5.75 Å². The fourth-order valence-corrected chi connectivity index (χ4v) is 5.42. The SMILES string of the molecule is CC1=NC(CCc2ccc(OCC#Cc3cccc(C)c3)c(C(F)(F)F)c2)(COP(OC(C)(C)C)OC(C)(C)C)CO1. The normalized spacial score (nSPS) is 17.5. The summed E-state index contributed by atoms with van der Waals surface area (Å²) in [4.78, 5) is 4.68. The number of ether oxygens (including phenoxy) is 2. The molecule has 0 aliphatic carbocycles. The Bertz CT molecular complexity index is 1290. The standard InChI is InChI=1S/C32H41F3NO5P/c1-23-11-9-12-25(19-23)13-10-18-37-28-15-14-26(20-27(28)32(33,34)35)16-17-31(21-38-24(2)36-31)22-39-42(40-29(3,4)5)41-30(6,7)8/h9,11-12,14-15,19-20H,16-18,21-22H2,1-8H3. The molecule has 0 spiro atoms. The van der Waals surface area contributed by atoms with Crippen molar-refractivity contribution >= 4 is 14.5 Å². The maximum absolute atomic E-state index is 14.0. The Morgan fingerprint density at radius 1 is 0.976 bits per heavy atom. The lowest BCUT2D eigenvalue weighted by Crippen LogP contribution is -2.35. The second-order valence-electron chi connectivity index (χ2n) is 12.3. The summed E-state index contributed by atoms with van der Waals surface area (Å²) in [5, 5.41) is 0. The molecule has 0 aromatic heterocycles. The minimum absolute atomic E-state index is 0.134. The second-order valence-corrected chi connectivity index (χ2v) is 13.4. The molecule has 1 unspecified atom stereocenters. The van der Waals surface area contributed by atoms with Crippen LogP contribution in [-0.2, 0) is 30.9 Å². The van der Waals surface area contributed by atoms with Gasteiger partial charge in [-0.05, 0) is 96.7 Å². The van der Waals surface area contributed by atoms with E-state index in [1.165, 1.54) is 6.07 Å². The highest BCUT2D eigenvalue weighted by atomic mass is 31.2. The van der Waals surface area contributed by atoms with Gasteiger partial charge in [-0.15, -0.1) is 0 Å². The summed E-state index contributed by atoms with van der Waals surface area (Å²) >= 11 is 0. The van der Waals surface area contributed by atoms with Gasteiger partial charge in [-0.1, -0.05) is 30.0 Å². The van der Waals surface area contributed by atoms with Crippen molar-refractivity contribution in [2.75, 3.05) is 19.8 Å².